The number of nitrogen functional groups attached to an aromatic ring is 1. The van der Waals surface area contributed by atoms with Gasteiger partial charge in [-0.1, -0.05) is 0 Å². The first-order valence-electron chi connectivity index (χ1n) is 5.76. The lowest BCUT2D eigenvalue weighted by atomic mass is 10.6. The van der Waals surface area contributed by atoms with Crippen LogP contribution in [0.25, 0.3) is 0 Å². The van der Waals surface area contributed by atoms with Crippen molar-refractivity contribution in [1.29, 1.82) is 0 Å². The molecule has 2 heterocycles. The minimum atomic E-state index is -0.635. The Labute approximate surface area is 113 Å². The van der Waals surface area contributed by atoms with Crippen molar-refractivity contribution in [2.75, 3.05) is 17.7 Å². The minimum Gasteiger partial charge on any atom is -0.450 e. The first-order valence-corrected chi connectivity index (χ1v) is 5.76. The summed E-state index contributed by atoms with van der Waals surface area (Å²) in [5.41, 5.74) is 5.51. The van der Waals surface area contributed by atoms with Crippen molar-refractivity contribution in [3.63, 3.8) is 0 Å². The number of nitrogens with zero attached hydrogens (tertiary/aromatic N) is 5. The van der Waals surface area contributed by atoms with Crippen molar-refractivity contribution in [3.05, 3.63) is 18.6 Å². The lowest BCUT2D eigenvalue weighted by Crippen LogP contribution is -2.20. The molecular formula is C10H13N7O3. The molecule has 0 radical (unpaired) electrons. The Morgan fingerprint density at radius 3 is 2.95 bits per heavy atom. The highest BCUT2D eigenvalue weighted by Gasteiger charge is 2.12. The van der Waals surface area contributed by atoms with E-state index in [1.54, 1.807) is 6.92 Å². The largest absolute Gasteiger partial charge is 0.450 e. The van der Waals surface area contributed by atoms with Gasteiger partial charge in [-0.2, -0.15) is 9.90 Å². The van der Waals surface area contributed by atoms with E-state index in [0.29, 0.717) is 0 Å². The van der Waals surface area contributed by atoms with E-state index in [2.05, 4.69) is 25.2 Å². The zero-order valence-corrected chi connectivity index (χ0v) is 10.7. The number of ether oxygens (including phenoxy) is 1. The van der Waals surface area contributed by atoms with Crippen molar-refractivity contribution in [1.82, 2.24) is 24.5 Å². The SMILES string of the molecule is CCOC(=O)Nc1cnn(CC(=O)n2ccnc2N)n1. The molecule has 3 N–H and O–H groups in total. The van der Waals surface area contributed by atoms with E-state index in [4.69, 9.17) is 5.73 Å². The van der Waals surface area contributed by atoms with Crippen LogP contribution in [0.2, 0.25) is 0 Å². The van der Waals surface area contributed by atoms with E-state index >= 15 is 0 Å². The number of imidazole rings is 1. The molecule has 10 nitrogen and oxygen atoms in total. The van der Waals surface area contributed by atoms with Gasteiger partial charge in [0.15, 0.2) is 5.82 Å². The summed E-state index contributed by atoms with van der Waals surface area (Å²) in [5, 5.41) is 10.1. The lowest BCUT2D eigenvalue weighted by molar-refractivity contribution is 0.0883. The number of nitrogens with one attached hydrogen (secondary N) is 1. The van der Waals surface area contributed by atoms with Gasteiger partial charge in [0.1, 0.15) is 6.54 Å². The maximum absolute atomic E-state index is 11.9. The van der Waals surface area contributed by atoms with Crippen LogP contribution in [0.15, 0.2) is 18.6 Å². The van der Waals surface area contributed by atoms with Gasteiger partial charge in [-0.05, 0) is 6.92 Å². The smallest absolute Gasteiger partial charge is 0.412 e. The molecule has 0 aliphatic rings. The van der Waals surface area contributed by atoms with Gasteiger partial charge < -0.3 is 10.5 Å². The van der Waals surface area contributed by atoms with E-state index in [-0.39, 0.29) is 30.8 Å². The average Bonchev–Trinajstić information content (AvgIpc) is 2.99. The second-order valence-corrected chi connectivity index (χ2v) is 3.65. The molecule has 0 aromatic carbocycles. The number of anilines is 2. The summed E-state index contributed by atoms with van der Waals surface area (Å²) in [6.07, 6.45) is 3.53. The molecule has 0 unspecified atom stereocenters. The Bertz CT molecular complexity index is 618. The molecule has 0 aliphatic heterocycles. The van der Waals surface area contributed by atoms with E-state index in [1.807, 2.05) is 0 Å². The molecule has 0 atom stereocenters. The number of rotatable bonds is 4. The predicted octanol–water partition coefficient (Wildman–Crippen LogP) is -0.0344. The van der Waals surface area contributed by atoms with Crippen molar-refractivity contribution in [2.24, 2.45) is 0 Å². The molecule has 1 amide bonds. The van der Waals surface area contributed by atoms with E-state index in [1.165, 1.54) is 23.2 Å². The van der Waals surface area contributed by atoms with Crippen LogP contribution in [0.3, 0.4) is 0 Å². The third-order valence-corrected chi connectivity index (χ3v) is 2.26. The molecule has 0 fully saturated rings. The second kappa shape index (κ2) is 5.82. The third kappa shape index (κ3) is 3.10. The zero-order valence-electron chi connectivity index (χ0n) is 10.7. The first-order chi connectivity index (χ1) is 9.60. The lowest BCUT2D eigenvalue weighted by Gasteiger charge is -2.02. The monoisotopic (exact) mass is 279 g/mol. The molecule has 0 spiro atoms. The Morgan fingerprint density at radius 1 is 1.50 bits per heavy atom. The van der Waals surface area contributed by atoms with Crippen molar-refractivity contribution < 1.29 is 14.3 Å². The fourth-order valence-corrected chi connectivity index (χ4v) is 1.43. The molecule has 2 aromatic rings. The summed E-state index contributed by atoms with van der Waals surface area (Å²) in [6, 6.07) is 0. The Balaban J connectivity index is 1.98. The Kier molecular flexibility index (Phi) is 3.93. The average molecular weight is 279 g/mol. The highest BCUT2D eigenvalue weighted by atomic mass is 16.5. The van der Waals surface area contributed by atoms with E-state index in [9.17, 15) is 9.59 Å². The number of aromatic nitrogens is 5. The quantitative estimate of drug-likeness (QED) is 0.803. The van der Waals surface area contributed by atoms with Gasteiger partial charge >= 0.3 is 6.09 Å². The summed E-state index contributed by atoms with van der Waals surface area (Å²) >= 11 is 0. The predicted molar refractivity (Wildman–Crippen MR) is 67.9 cm³/mol. The maximum Gasteiger partial charge on any atom is 0.412 e. The van der Waals surface area contributed by atoms with Crippen LogP contribution >= 0.6 is 0 Å². The molecule has 0 aliphatic carbocycles. The van der Waals surface area contributed by atoms with Crippen LogP contribution < -0.4 is 11.1 Å². The normalized spacial score (nSPS) is 10.2. The third-order valence-electron chi connectivity index (χ3n) is 2.26. The Hall–Kier alpha value is -2.91. The molecule has 2 rings (SSSR count). The Morgan fingerprint density at radius 2 is 2.30 bits per heavy atom. The standard InChI is InChI=1S/C10H13N7O3/c1-2-20-10(19)14-7-5-13-17(15-7)6-8(18)16-4-3-12-9(16)11/h3-5H,2,6H2,1H3,(H2,11,12)(H,14,15,19). The van der Waals surface area contributed by atoms with Crippen LogP contribution in [0, 0.1) is 0 Å². The van der Waals surface area contributed by atoms with Crippen LogP contribution in [0.5, 0.6) is 0 Å². The number of nitrogens with two attached hydrogens (primary N) is 1. The van der Waals surface area contributed by atoms with Gasteiger partial charge in [-0.25, -0.2) is 9.78 Å². The molecule has 0 saturated heterocycles. The molecule has 10 heteroatoms. The van der Waals surface area contributed by atoms with Gasteiger partial charge in [-0.3, -0.25) is 14.7 Å². The summed E-state index contributed by atoms with van der Waals surface area (Å²) < 4.78 is 5.87. The van der Waals surface area contributed by atoms with Crippen LogP contribution in [0.4, 0.5) is 16.6 Å². The van der Waals surface area contributed by atoms with Crippen LogP contribution in [0.1, 0.15) is 11.7 Å². The van der Waals surface area contributed by atoms with Gasteiger partial charge in [0, 0.05) is 12.4 Å². The van der Waals surface area contributed by atoms with Crippen LogP contribution in [-0.4, -0.2) is 43.2 Å². The fourth-order valence-electron chi connectivity index (χ4n) is 1.43. The molecular weight excluding hydrogens is 266 g/mol. The summed E-state index contributed by atoms with van der Waals surface area (Å²) in [7, 11) is 0. The summed E-state index contributed by atoms with van der Waals surface area (Å²) in [6.45, 7) is 1.80. The van der Waals surface area contributed by atoms with Crippen molar-refractivity contribution in [2.45, 2.75) is 13.5 Å². The van der Waals surface area contributed by atoms with Crippen molar-refractivity contribution in [3.8, 4) is 0 Å². The highest BCUT2D eigenvalue weighted by molar-refractivity contribution is 5.83. The van der Waals surface area contributed by atoms with Gasteiger partial charge in [0.2, 0.25) is 5.95 Å². The molecule has 106 valence electrons. The van der Waals surface area contributed by atoms with Crippen molar-refractivity contribution >= 4 is 23.8 Å². The van der Waals surface area contributed by atoms with Gasteiger partial charge in [-0.15, -0.1) is 5.10 Å². The zero-order chi connectivity index (χ0) is 14.5. The number of carbonyl (C=O) groups is 2. The first kappa shape index (κ1) is 13.5. The van der Waals surface area contributed by atoms with Gasteiger partial charge in [0.05, 0.1) is 12.8 Å². The topological polar surface area (TPSA) is 130 Å². The highest BCUT2D eigenvalue weighted by Crippen LogP contribution is 2.02. The fraction of sp³-hybridized carbons (Fsp3) is 0.300. The number of carbonyl (C=O) groups excluding carboxylic acids is 2. The molecule has 2 aromatic heterocycles. The van der Waals surface area contributed by atoms with E-state index < -0.39 is 6.09 Å². The summed E-state index contributed by atoms with van der Waals surface area (Å²) in [5.74, 6) is -0.0693. The summed E-state index contributed by atoms with van der Waals surface area (Å²) in [4.78, 5) is 27.9. The minimum absolute atomic E-state index is 0.0898. The molecule has 0 bridgehead atoms. The van der Waals surface area contributed by atoms with Crippen LogP contribution in [-0.2, 0) is 11.3 Å². The van der Waals surface area contributed by atoms with E-state index in [0.717, 1.165) is 4.80 Å². The van der Waals surface area contributed by atoms with Gasteiger partial charge in [0.25, 0.3) is 5.91 Å². The maximum atomic E-state index is 11.9. The number of amides is 1. The molecule has 0 saturated carbocycles. The second-order valence-electron chi connectivity index (χ2n) is 3.65. The number of hydrogen-bond donors (Lipinski definition) is 2. The molecule has 20 heavy (non-hydrogen) atoms. The number of hydrogen-bond acceptors (Lipinski definition) is 7.